The SMILES string of the molecule is CC=C1/C(=C\CN(c2ccccc2)c2ccccc2)c2ccc(N(c3ccccc3)c3ccccc3)cc2C12c1cc(Nc3ccccc3)ccc1-c1ccc(N(c3ccccc3)c3ccccc3)cc12. The molecule has 10 aromatic carbocycles. The maximum Gasteiger partial charge on any atom is 0.0724 e. The molecule has 0 radical (unpaired) electrons. The summed E-state index contributed by atoms with van der Waals surface area (Å²) < 4.78 is 0. The number of rotatable bonds is 12. The molecule has 0 fully saturated rings. The number of nitrogens with zero attached hydrogens (tertiary/aromatic N) is 3. The average Bonchev–Trinajstić information content (AvgIpc) is 3.88. The van der Waals surface area contributed by atoms with E-state index in [9.17, 15) is 0 Å². The molecule has 0 aliphatic heterocycles. The zero-order chi connectivity index (χ0) is 47.6. The van der Waals surface area contributed by atoms with Crippen molar-refractivity contribution in [2.24, 2.45) is 0 Å². The predicted molar refractivity (Wildman–Crippen MR) is 299 cm³/mol. The zero-order valence-electron chi connectivity index (χ0n) is 39.6. The van der Waals surface area contributed by atoms with Gasteiger partial charge < -0.3 is 20.0 Å². The van der Waals surface area contributed by atoms with Gasteiger partial charge in [-0.05, 0) is 173 Å². The maximum absolute atomic E-state index is 3.80. The largest absolute Gasteiger partial charge is 0.356 e. The number of nitrogens with one attached hydrogen (secondary N) is 1. The first kappa shape index (κ1) is 43.2. The Morgan fingerprint density at radius 3 is 1.15 bits per heavy atom. The summed E-state index contributed by atoms with van der Waals surface area (Å²) in [6.45, 7) is 2.89. The molecular formula is C67H52N4. The molecule has 0 saturated carbocycles. The predicted octanol–water partition coefficient (Wildman–Crippen LogP) is 17.9. The lowest BCUT2D eigenvalue weighted by molar-refractivity contribution is 0.792. The van der Waals surface area contributed by atoms with Crippen LogP contribution in [0.3, 0.4) is 0 Å². The number of hydrogen-bond donors (Lipinski definition) is 1. The lowest BCUT2D eigenvalue weighted by atomic mass is 9.70. The van der Waals surface area contributed by atoms with E-state index in [2.05, 4.69) is 306 Å². The minimum atomic E-state index is -0.719. The molecule has 12 rings (SSSR count). The van der Waals surface area contributed by atoms with Crippen LogP contribution >= 0.6 is 0 Å². The molecule has 1 spiro atoms. The summed E-state index contributed by atoms with van der Waals surface area (Å²) >= 11 is 0. The fourth-order valence-electron chi connectivity index (χ4n) is 11.1. The second-order valence-corrected chi connectivity index (χ2v) is 18.1. The molecule has 2 aliphatic carbocycles. The first-order valence-electron chi connectivity index (χ1n) is 24.5. The summed E-state index contributed by atoms with van der Waals surface area (Å²) in [5.41, 5.74) is 20.1. The molecule has 2 aliphatic rings. The van der Waals surface area contributed by atoms with Crippen LogP contribution in [0.2, 0.25) is 0 Å². The Kier molecular flexibility index (Phi) is 11.4. The van der Waals surface area contributed by atoms with Gasteiger partial charge in [-0.3, -0.25) is 0 Å². The van der Waals surface area contributed by atoms with Crippen LogP contribution in [0.4, 0.5) is 56.9 Å². The molecule has 1 N–H and O–H groups in total. The van der Waals surface area contributed by atoms with E-state index in [0.717, 1.165) is 56.9 Å². The average molecular weight is 913 g/mol. The zero-order valence-corrected chi connectivity index (χ0v) is 39.6. The lowest BCUT2D eigenvalue weighted by Gasteiger charge is -2.34. The van der Waals surface area contributed by atoms with Crippen molar-refractivity contribution < 1.29 is 0 Å². The van der Waals surface area contributed by atoms with Crippen LogP contribution < -0.4 is 20.0 Å². The summed E-state index contributed by atoms with van der Waals surface area (Å²) in [4.78, 5) is 7.20. The molecule has 0 heterocycles. The highest BCUT2D eigenvalue weighted by Gasteiger charge is 2.54. The van der Waals surface area contributed by atoms with Crippen LogP contribution in [0.15, 0.2) is 285 Å². The number of allylic oxidation sites excluding steroid dienone is 3. The number of hydrogen-bond acceptors (Lipinski definition) is 4. The van der Waals surface area contributed by atoms with Crippen molar-refractivity contribution >= 4 is 62.4 Å². The number of para-hydroxylation sites is 7. The van der Waals surface area contributed by atoms with Crippen molar-refractivity contribution in [2.75, 3.05) is 26.6 Å². The van der Waals surface area contributed by atoms with E-state index in [1.807, 2.05) is 0 Å². The minimum Gasteiger partial charge on any atom is -0.356 e. The molecule has 71 heavy (non-hydrogen) atoms. The van der Waals surface area contributed by atoms with Gasteiger partial charge in [0.25, 0.3) is 0 Å². The van der Waals surface area contributed by atoms with Crippen LogP contribution in [-0.2, 0) is 5.41 Å². The van der Waals surface area contributed by atoms with Gasteiger partial charge in [0.1, 0.15) is 0 Å². The Labute approximate surface area is 417 Å². The van der Waals surface area contributed by atoms with Gasteiger partial charge in [-0.2, -0.15) is 0 Å². The summed E-state index contributed by atoms with van der Waals surface area (Å²) in [5.74, 6) is 0. The van der Waals surface area contributed by atoms with Gasteiger partial charge in [0.15, 0.2) is 0 Å². The van der Waals surface area contributed by atoms with E-state index in [4.69, 9.17) is 0 Å². The van der Waals surface area contributed by atoms with Gasteiger partial charge >= 0.3 is 0 Å². The standard InChI is InChI=1S/C67H52N4/c1-2-63-62(44-45-69(51-26-12-4-13-27-51)52-28-14-5-15-29-52)61-43-40-58(71(55-34-20-8-21-35-55)56-36-22-9-23-37-56)48-66(61)67(63)64-46-50(68-49-24-10-3-11-25-49)38-41-59(64)60-42-39-57(47-65(60)67)70(53-30-16-6-17-31-53)54-32-18-7-19-33-54/h2-44,46-48,68H,45H2,1H3/b62-44-,63-2?. The second-order valence-electron chi connectivity index (χ2n) is 18.1. The Balaban J connectivity index is 1.14. The third-order valence-corrected chi connectivity index (χ3v) is 14.1. The van der Waals surface area contributed by atoms with Crippen molar-refractivity contribution in [3.8, 4) is 11.1 Å². The molecule has 340 valence electrons. The monoisotopic (exact) mass is 912 g/mol. The fraction of sp³-hybridized carbons (Fsp3) is 0.0448. The molecule has 10 aromatic rings. The first-order chi connectivity index (χ1) is 35.2. The van der Waals surface area contributed by atoms with Crippen LogP contribution in [-0.4, -0.2) is 6.54 Å². The summed E-state index contributed by atoms with van der Waals surface area (Å²) in [6.07, 6.45) is 4.87. The van der Waals surface area contributed by atoms with E-state index in [0.29, 0.717) is 6.54 Å². The van der Waals surface area contributed by atoms with Crippen molar-refractivity contribution in [1.82, 2.24) is 0 Å². The maximum atomic E-state index is 3.80. The number of fused-ring (bicyclic) bond motifs is 7. The quantitative estimate of drug-likeness (QED) is 0.132. The normalized spacial score (nSPS) is 15.3. The third-order valence-electron chi connectivity index (χ3n) is 14.1. The van der Waals surface area contributed by atoms with Gasteiger partial charge in [-0.25, -0.2) is 0 Å². The van der Waals surface area contributed by atoms with Gasteiger partial charge in [0.05, 0.1) is 5.41 Å². The molecule has 1 atom stereocenters. The number of benzene rings is 10. The Morgan fingerprint density at radius 1 is 0.352 bits per heavy atom. The van der Waals surface area contributed by atoms with E-state index >= 15 is 0 Å². The highest BCUT2D eigenvalue weighted by molar-refractivity contribution is 6.02. The van der Waals surface area contributed by atoms with Crippen LogP contribution in [0.1, 0.15) is 29.2 Å². The highest BCUT2D eigenvalue weighted by Crippen LogP contribution is 2.65. The molecule has 0 amide bonds. The van der Waals surface area contributed by atoms with E-state index < -0.39 is 5.41 Å². The van der Waals surface area contributed by atoms with Crippen molar-refractivity contribution in [1.29, 1.82) is 0 Å². The summed E-state index contributed by atoms with van der Waals surface area (Å²) in [5, 5.41) is 3.80. The van der Waals surface area contributed by atoms with Crippen LogP contribution in [0.5, 0.6) is 0 Å². The van der Waals surface area contributed by atoms with E-state index in [1.165, 1.54) is 44.5 Å². The Morgan fingerprint density at radius 2 is 0.718 bits per heavy atom. The summed E-state index contributed by atoms with van der Waals surface area (Å²) in [7, 11) is 0. The van der Waals surface area contributed by atoms with Crippen molar-refractivity contribution in [3.05, 3.63) is 307 Å². The molecule has 0 saturated heterocycles. The fourth-order valence-corrected chi connectivity index (χ4v) is 11.1. The van der Waals surface area contributed by atoms with Crippen LogP contribution in [0, 0.1) is 0 Å². The van der Waals surface area contributed by atoms with Gasteiger partial charge in [0, 0.05) is 63.4 Å². The van der Waals surface area contributed by atoms with Crippen LogP contribution in [0.25, 0.3) is 16.7 Å². The molecule has 0 aromatic heterocycles. The first-order valence-corrected chi connectivity index (χ1v) is 24.5. The Bertz CT molecular complexity index is 3410. The molecule has 4 nitrogen and oxygen atoms in total. The molecule has 4 heteroatoms. The highest BCUT2D eigenvalue weighted by atomic mass is 15.2. The van der Waals surface area contributed by atoms with Gasteiger partial charge in [0.2, 0.25) is 0 Å². The van der Waals surface area contributed by atoms with Crippen molar-refractivity contribution in [3.63, 3.8) is 0 Å². The van der Waals surface area contributed by atoms with E-state index in [1.54, 1.807) is 0 Å². The van der Waals surface area contributed by atoms with E-state index in [-0.39, 0.29) is 0 Å². The van der Waals surface area contributed by atoms with Gasteiger partial charge in [-0.1, -0.05) is 158 Å². The smallest absolute Gasteiger partial charge is 0.0724 e. The second kappa shape index (κ2) is 18.8. The molecule has 0 bridgehead atoms. The van der Waals surface area contributed by atoms with Gasteiger partial charge in [-0.15, -0.1) is 0 Å². The third kappa shape index (κ3) is 7.76. The van der Waals surface area contributed by atoms with Crippen molar-refractivity contribution in [2.45, 2.75) is 12.3 Å². The number of anilines is 10. The molecule has 1 unspecified atom stereocenters. The topological polar surface area (TPSA) is 21.8 Å². The Hall–Kier alpha value is -9.12. The lowest BCUT2D eigenvalue weighted by Crippen LogP contribution is -2.27. The minimum absolute atomic E-state index is 0.656. The molecular weight excluding hydrogens is 861 g/mol. The summed E-state index contributed by atoms with van der Waals surface area (Å²) in [6, 6.07) is 96.4.